The summed E-state index contributed by atoms with van der Waals surface area (Å²) in [6, 6.07) is 27.0. The molecule has 0 aliphatic rings. The van der Waals surface area contributed by atoms with E-state index in [9.17, 15) is 0 Å². The van der Waals surface area contributed by atoms with Crippen molar-refractivity contribution in [3.8, 4) is 11.8 Å². The highest BCUT2D eigenvalue weighted by molar-refractivity contribution is 5.85. The van der Waals surface area contributed by atoms with E-state index < -0.39 is 0 Å². The van der Waals surface area contributed by atoms with Crippen molar-refractivity contribution in [1.82, 2.24) is 0 Å². The summed E-state index contributed by atoms with van der Waals surface area (Å²) in [5.41, 5.74) is 6.60. The zero-order valence-corrected chi connectivity index (χ0v) is 22.7. The number of aryl methyl sites for hydroxylation is 4. The van der Waals surface area contributed by atoms with E-state index in [-0.39, 0.29) is 5.82 Å². The summed E-state index contributed by atoms with van der Waals surface area (Å²) in [7, 11) is 0. The van der Waals surface area contributed by atoms with Crippen LogP contribution in [-0.4, -0.2) is 0 Å². The normalized spacial score (nSPS) is 10.8. The van der Waals surface area contributed by atoms with Crippen molar-refractivity contribution < 1.29 is 4.39 Å². The molecule has 0 nitrogen and oxygen atoms in total. The number of benzene rings is 4. The Morgan fingerprint density at radius 3 is 2.03 bits per heavy atom. The largest absolute Gasteiger partial charge is 0.206 e. The third kappa shape index (κ3) is 7.93. The van der Waals surface area contributed by atoms with Crippen LogP contribution in [0.15, 0.2) is 91.5 Å². The number of rotatable bonds is 12. The van der Waals surface area contributed by atoms with Gasteiger partial charge in [0.05, 0.1) is 0 Å². The maximum Gasteiger partial charge on any atom is 0.134 e. The van der Waals surface area contributed by atoms with Crippen molar-refractivity contribution in [2.75, 3.05) is 0 Å². The molecule has 0 fully saturated rings. The molecule has 0 unspecified atom stereocenters. The van der Waals surface area contributed by atoms with Gasteiger partial charge in [-0.15, -0.1) is 6.58 Å². The number of hydrogen-bond acceptors (Lipinski definition) is 0. The fraction of sp³-hybridized carbons (Fsp3) is 0.297. The summed E-state index contributed by atoms with van der Waals surface area (Å²) in [6.45, 7) is 6.04. The molecule has 0 bridgehead atoms. The van der Waals surface area contributed by atoms with Crippen LogP contribution < -0.4 is 0 Å². The first-order valence-corrected chi connectivity index (χ1v) is 14.2. The van der Waals surface area contributed by atoms with Gasteiger partial charge in [0.1, 0.15) is 5.82 Å². The molecule has 0 amide bonds. The van der Waals surface area contributed by atoms with Crippen LogP contribution in [0.4, 0.5) is 4.39 Å². The summed E-state index contributed by atoms with van der Waals surface area (Å²) in [4.78, 5) is 0. The smallest absolute Gasteiger partial charge is 0.134 e. The minimum absolute atomic E-state index is 0.116. The Morgan fingerprint density at radius 2 is 1.29 bits per heavy atom. The van der Waals surface area contributed by atoms with Crippen LogP contribution in [0, 0.1) is 17.7 Å². The van der Waals surface area contributed by atoms with E-state index in [2.05, 4.69) is 73.9 Å². The van der Waals surface area contributed by atoms with E-state index >= 15 is 4.39 Å². The van der Waals surface area contributed by atoms with E-state index in [1.165, 1.54) is 48.8 Å². The van der Waals surface area contributed by atoms with Gasteiger partial charge in [0.25, 0.3) is 0 Å². The average molecular weight is 503 g/mol. The van der Waals surface area contributed by atoms with Crippen LogP contribution in [0.1, 0.15) is 78.8 Å². The van der Waals surface area contributed by atoms with E-state index in [1.54, 1.807) is 0 Å². The molecule has 0 saturated heterocycles. The minimum Gasteiger partial charge on any atom is -0.206 e. The highest BCUT2D eigenvalue weighted by Gasteiger charge is 2.08. The van der Waals surface area contributed by atoms with Gasteiger partial charge in [-0.25, -0.2) is 4.39 Å². The lowest BCUT2D eigenvalue weighted by Gasteiger charge is -2.08. The molecule has 4 aromatic rings. The van der Waals surface area contributed by atoms with Crippen LogP contribution in [0.5, 0.6) is 0 Å². The maximum atomic E-state index is 15.3. The van der Waals surface area contributed by atoms with Crippen molar-refractivity contribution >= 4 is 10.8 Å². The van der Waals surface area contributed by atoms with Crippen LogP contribution in [-0.2, 0) is 25.7 Å². The van der Waals surface area contributed by atoms with E-state index in [0.29, 0.717) is 11.8 Å². The summed E-state index contributed by atoms with van der Waals surface area (Å²) in [5, 5.41) is 1.55. The van der Waals surface area contributed by atoms with Gasteiger partial charge in [0.15, 0.2) is 0 Å². The van der Waals surface area contributed by atoms with Gasteiger partial charge in [-0.2, -0.15) is 0 Å². The van der Waals surface area contributed by atoms with Crippen LogP contribution in [0.3, 0.4) is 0 Å². The van der Waals surface area contributed by atoms with Gasteiger partial charge in [0, 0.05) is 16.5 Å². The first-order valence-electron chi connectivity index (χ1n) is 14.2. The Labute approximate surface area is 228 Å². The maximum absolute atomic E-state index is 15.3. The van der Waals surface area contributed by atoms with E-state index in [4.69, 9.17) is 0 Å². The highest BCUT2D eigenvalue weighted by Crippen LogP contribution is 2.24. The molecule has 38 heavy (non-hydrogen) atoms. The molecular formula is C37H39F. The fourth-order valence-corrected chi connectivity index (χ4v) is 4.86. The molecule has 0 spiro atoms. The molecule has 0 aromatic heterocycles. The zero-order valence-electron chi connectivity index (χ0n) is 22.7. The second-order valence-electron chi connectivity index (χ2n) is 10.2. The molecule has 4 rings (SSSR count). The van der Waals surface area contributed by atoms with Gasteiger partial charge >= 0.3 is 0 Å². The van der Waals surface area contributed by atoms with Crippen molar-refractivity contribution in [1.29, 1.82) is 0 Å². The van der Waals surface area contributed by atoms with Crippen molar-refractivity contribution in [2.24, 2.45) is 0 Å². The molecule has 4 aromatic carbocycles. The molecule has 0 saturated carbocycles. The molecule has 194 valence electrons. The van der Waals surface area contributed by atoms with E-state index in [1.807, 2.05) is 36.4 Å². The second-order valence-corrected chi connectivity index (χ2v) is 10.2. The highest BCUT2D eigenvalue weighted by atomic mass is 19.1. The predicted octanol–water partition coefficient (Wildman–Crippen LogP) is 9.80. The van der Waals surface area contributed by atoms with Gasteiger partial charge in [-0.05, 0) is 90.4 Å². The van der Waals surface area contributed by atoms with Gasteiger partial charge in [-0.1, -0.05) is 105 Å². The third-order valence-electron chi connectivity index (χ3n) is 7.25. The molecule has 0 aliphatic carbocycles. The van der Waals surface area contributed by atoms with Gasteiger partial charge in [0.2, 0.25) is 0 Å². The number of allylic oxidation sites excluding steroid dienone is 1. The summed E-state index contributed by atoms with van der Waals surface area (Å²) in [6.07, 6.45) is 13.1. The lowest BCUT2D eigenvalue weighted by Crippen LogP contribution is -1.96. The SMILES string of the molecule is C=CCCc1ccc(CCc2ccc3cc(C#Cc4ccc(CCCCCCC)cc4)ccc3c2F)cc1. The Balaban J connectivity index is 1.36. The third-order valence-corrected chi connectivity index (χ3v) is 7.25. The van der Waals surface area contributed by atoms with Gasteiger partial charge in [-0.3, -0.25) is 0 Å². The molecule has 0 atom stereocenters. The Kier molecular flexibility index (Phi) is 10.3. The number of hydrogen-bond donors (Lipinski definition) is 0. The Morgan fingerprint density at radius 1 is 0.658 bits per heavy atom. The molecule has 1 heteroatoms. The van der Waals surface area contributed by atoms with Crippen molar-refractivity contribution in [3.05, 3.63) is 131 Å². The lowest BCUT2D eigenvalue weighted by atomic mass is 9.98. The summed E-state index contributed by atoms with van der Waals surface area (Å²) < 4.78 is 15.3. The quantitative estimate of drug-likeness (QED) is 0.103. The number of unbranched alkanes of at least 4 members (excludes halogenated alkanes) is 4. The summed E-state index contributed by atoms with van der Waals surface area (Å²) in [5.74, 6) is 6.41. The minimum atomic E-state index is -0.116. The van der Waals surface area contributed by atoms with Crippen LogP contribution >= 0.6 is 0 Å². The second kappa shape index (κ2) is 14.3. The molecule has 0 N–H and O–H groups in total. The first kappa shape index (κ1) is 27.4. The zero-order chi connectivity index (χ0) is 26.6. The van der Waals surface area contributed by atoms with Crippen LogP contribution in [0.2, 0.25) is 0 Å². The first-order chi connectivity index (χ1) is 18.7. The fourth-order valence-electron chi connectivity index (χ4n) is 4.86. The molecule has 0 heterocycles. The molecule has 0 radical (unpaired) electrons. The monoisotopic (exact) mass is 502 g/mol. The topological polar surface area (TPSA) is 0 Å². The number of halogens is 1. The molecular weight excluding hydrogens is 463 g/mol. The van der Waals surface area contributed by atoms with Crippen molar-refractivity contribution in [2.45, 2.75) is 71.1 Å². The average Bonchev–Trinajstić information content (AvgIpc) is 2.95. The number of fused-ring (bicyclic) bond motifs is 1. The van der Waals surface area contributed by atoms with E-state index in [0.717, 1.165) is 47.8 Å². The predicted molar refractivity (Wildman–Crippen MR) is 161 cm³/mol. The Bertz CT molecular complexity index is 1380. The lowest BCUT2D eigenvalue weighted by molar-refractivity contribution is 0.620. The van der Waals surface area contributed by atoms with Gasteiger partial charge < -0.3 is 0 Å². The van der Waals surface area contributed by atoms with Crippen molar-refractivity contribution in [3.63, 3.8) is 0 Å². The molecule has 0 aliphatic heterocycles. The van der Waals surface area contributed by atoms with Crippen LogP contribution in [0.25, 0.3) is 10.8 Å². The Hall–Kier alpha value is -3.63. The summed E-state index contributed by atoms with van der Waals surface area (Å²) >= 11 is 0. The standard InChI is InChI=1S/C37H39F/c1-3-5-7-8-9-11-30-14-16-31(17-15-30)20-21-33-23-27-36-35(28-33)26-25-34(37(36)38)24-22-32-18-12-29(13-19-32)10-6-4-2/h4,12-19,23,25-28H,2-3,5-11,22,24H2,1H3.